The summed E-state index contributed by atoms with van der Waals surface area (Å²) < 4.78 is 28.8. The number of rotatable bonds is 8. The second-order valence-corrected chi connectivity index (χ2v) is 6.27. The Balaban J connectivity index is 1.98. The molecule has 0 aliphatic rings. The molecular weight excluding hydrogens is 290 g/mol. The van der Waals surface area contributed by atoms with Crippen LogP contribution in [0.5, 0.6) is 0 Å². The first kappa shape index (κ1) is 15.5. The van der Waals surface area contributed by atoms with Gasteiger partial charge in [-0.3, -0.25) is 0 Å². The fourth-order valence-corrected chi connectivity index (χ4v) is 2.77. The number of sulfonamides is 1. The number of anilines is 1. The summed E-state index contributed by atoms with van der Waals surface area (Å²) >= 11 is 0. The van der Waals surface area contributed by atoms with E-state index in [0.717, 1.165) is 13.0 Å². The van der Waals surface area contributed by atoms with E-state index >= 15 is 0 Å². The summed E-state index contributed by atoms with van der Waals surface area (Å²) in [6.07, 6.45) is 7.52. The molecule has 8 heteroatoms. The van der Waals surface area contributed by atoms with Crippen LogP contribution in [0.2, 0.25) is 0 Å². The van der Waals surface area contributed by atoms with Crippen LogP contribution in [0.15, 0.2) is 41.9 Å². The molecule has 2 N–H and O–H groups in total. The number of hydrogen-bond donors (Lipinski definition) is 2. The van der Waals surface area contributed by atoms with E-state index in [1.807, 2.05) is 11.5 Å². The Morgan fingerprint density at radius 2 is 2.14 bits per heavy atom. The topological polar surface area (TPSA) is 88.9 Å². The maximum atomic E-state index is 12.2. The predicted molar refractivity (Wildman–Crippen MR) is 80.4 cm³/mol. The minimum absolute atomic E-state index is 0.210. The van der Waals surface area contributed by atoms with Crippen molar-refractivity contribution < 1.29 is 8.42 Å². The molecule has 7 nitrogen and oxygen atoms in total. The Morgan fingerprint density at radius 1 is 1.29 bits per heavy atom. The summed E-state index contributed by atoms with van der Waals surface area (Å²) in [6.45, 7) is 3.62. The van der Waals surface area contributed by atoms with Crippen molar-refractivity contribution in [2.45, 2.75) is 24.8 Å². The summed E-state index contributed by atoms with van der Waals surface area (Å²) in [5, 5.41) is 3.07. The van der Waals surface area contributed by atoms with Crippen molar-refractivity contribution >= 4 is 15.8 Å². The molecule has 114 valence electrons. The molecule has 0 radical (unpaired) electrons. The number of nitrogens with one attached hydrogen (secondary N) is 2. The van der Waals surface area contributed by atoms with Gasteiger partial charge in [0, 0.05) is 44.3 Å². The molecule has 2 aromatic heterocycles. The minimum atomic E-state index is -3.52. The molecule has 0 aromatic carbocycles. The van der Waals surface area contributed by atoms with Crippen molar-refractivity contribution in [1.82, 2.24) is 19.3 Å². The van der Waals surface area contributed by atoms with E-state index in [1.165, 1.54) is 18.3 Å². The lowest BCUT2D eigenvalue weighted by Crippen LogP contribution is -2.27. The third-order valence-electron chi connectivity index (χ3n) is 2.82. The quantitative estimate of drug-likeness (QED) is 0.761. The highest BCUT2D eigenvalue weighted by atomic mass is 32.2. The summed E-state index contributed by atoms with van der Waals surface area (Å²) in [5.74, 6) is 0.564. The lowest BCUT2D eigenvalue weighted by Gasteiger charge is -2.09. The van der Waals surface area contributed by atoms with E-state index in [0.29, 0.717) is 18.9 Å². The van der Waals surface area contributed by atoms with Gasteiger partial charge < -0.3 is 9.88 Å². The zero-order valence-corrected chi connectivity index (χ0v) is 12.7. The number of pyridine rings is 1. The molecule has 0 aliphatic carbocycles. The summed E-state index contributed by atoms with van der Waals surface area (Å²) in [5.41, 5.74) is 0. The minimum Gasteiger partial charge on any atom is -0.370 e. The first-order chi connectivity index (χ1) is 10.1. The molecule has 0 amide bonds. The summed E-state index contributed by atoms with van der Waals surface area (Å²) in [4.78, 5) is 8.21. The van der Waals surface area contributed by atoms with Crippen LogP contribution in [0.1, 0.15) is 13.3 Å². The van der Waals surface area contributed by atoms with Gasteiger partial charge in [0.1, 0.15) is 5.82 Å². The molecule has 2 aromatic rings. The van der Waals surface area contributed by atoms with E-state index in [4.69, 9.17) is 0 Å². The Labute approximate surface area is 124 Å². The highest BCUT2D eigenvalue weighted by Gasteiger charge is 2.14. The second-order valence-electron chi connectivity index (χ2n) is 4.50. The van der Waals surface area contributed by atoms with Crippen molar-refractivity contribution in [3.8, 4) is 0 Å². The SMILES string of the molecule is CCCNc1cc(S(=O)(=O)NCCn2ccnc2)ccn1. The molecule has 0 bridgehead atoms. The smallest absolute Gasteiger partial charge is 0.240 e. The Kier molecular flexibility index (Phi) is 5.29. The fraction of sp³-hybridized carbons (Fsp3) is 0.385. The molecule has 0 fully saturated rings. The van der Waals surface area contributed by atoms with E-state index in [9.17, 15) is 8.42 Å². The van der Waals surface area contributed by atoms with Gasteiger partial charge in [-0.1, -0.05) is 6.92 Å². The van der Waals surface area contributed by atoms with Crippen LogP contribution in [0.4, 0.5) is 5.82 Å². The van der Waals surface area contributed by atoms with Crippen molar-refractivity contribution in [2.75, 3.05) is 18.4 Å². The van der Waals surface area contributed by atoms with E-state index in [2.05, 4.69) is 20.0 Å². The fourth-order valence-electron chi connectivity index (χ4n) is 1.74. The van der Waals surface area contributed by atoms with Crippen molar-refractivity contribution in [1.29, 1.82) is 0 Å². The maximum Gasteiger partial charge on any atom is 0.240 e. The van der Waals surface area contributed by atoms with Crippen LogP contribution in [0, 0.1) is 0 Å². The van der Waals surface area contributed by atoms with Gasteiger partial charge in [-0.25, -0.2) is 23.1 Å². The standard InChI is InChI=1S/C13H19N5O2S/c1-2-4-15-13-10-12(3-5-16-13)21(19,20)17-7-9-18-8-6-14-11-18/h3,5-6,8,10-11,17H,2,4,7,9H2,1H3,(H,15,16). The Morgan fingerprint density at radius 3 is 2.86 bits per heavy atom. The summed E-state index contributed by atoms with van der Waals surface area (Å²) in [7, 11) is -3.52. The molecule has 0 saturated carbocycles. The second kappa shape index (κ2) is 7.19. The van der Waals surface area contributed by atoms with Crippen molar-refractivity contribution in [2.24, 2.45) is 0 Å². The van der Waals surface area contributed by atoms with E-state index in [-0.39, 0.29) is 4.90 Å². The van der Waals surface area contributed by atoms with Crippen LogP contribution in [0.3, 0.4) is 0 Å². The van der Waals surface area contributed by atoms with Gasteiger partial charge in [0.05, 0.1) is 11.2 Å². The number of nitrogens with zero attached hydrogens (tertiary/aromatic N) is 3. The van der Waals surface area contributed by atoms with Gasteiger partial charge in [-0.2, -0.15) is 0 Å². The highest BCUT2D eigenvalue weighted by Crippen LogP contribution is 2.12. The molecular formula is C13H19N5O2S. The number of hydrogen-bond acceptors (Lipinski definition) is 5. The number of imidazole rings is 1. The van der Waals surface area contributed by atoms with Crippen LogP contribution < -0.4 is 10.0 Å². The third kappa shape index (κ3) is 4.54. The first-order valence-corrected chi connectivity index (χ1v) is 8.25. The molecule has 2 rings (SSSR count). The third-order valence-corrected chi connectivity index (χ3v) is 4.28. The van der Waals surface area contributed by atoms with Crippen LogP contribution in [-0.2, 0) is 16.6 Å². The molecule has 0 spiro atoms. The van der Waals surface area contributed by atoms with Gasteiger partial charge in [0.15, 0.2) is 0 Å². The van der Waals surface area contributed by atoms with Crippen LogP contribution in [0.25, 0.3) is 0 Å². The van der Waals surface area contributed by atoms with Crippen molar-refractivity contribution in [3.05, 3.63) is 37.1 Å². The lowest BCUT2D eigenvalue weighted by atomic mass is 10.4. The van der Waals surface area contributed by atoms with Crippen LogP contribution >= 0.6 is 0 Å². The predicted octanol–water partition coefficient (Wildman–Crippen LogP) is 1.08. The largest absolute Gasteiger partial charge is 0.370 e. The molecule has 0 aliphatic heterocycles. The van der Waals surface area contributed by atoms with Gasteiger partial charge >= 0.3 is 0 Å². The monoisotopic (exact) mass is 309 g/mol. The van der Waals surface area contributed by atoms with Crippen LogP contribution in [-0.4, -0.2) is 36.0 Å². The average molecular weight is 309 g/mol. The van der Waals surface area contributed by atoms with Gasteiger partial charge in [-0.15, -0.1) is 0 Å². The molecule has 21 heavy (non-hydrogen) atoms. The van der Waals surface area contributed by atoms with E-state index < -0.39 is 10.0 Å². The summed E-state index contributed by atoms with van der Waals surface area (Å²) in [6, 6.07) is 3.02. The van der Waals surface area contributed by atoms with Gasteiger partial charge in [-0.05, 0) is 12.5 Å². The zero-order chi connectivity index (χ0) is 15.1. The normalized spacial score (nSPS) is 11.5. The molecule has 0 saturated heterocycles. The number of aromatic nitrogens is 3. The van der Waals surface area contributed by atoms with Crippen molar-refractivity contribution in [3.63, 3.8) is 0 Å². The molecule has 0 atom stereocenters. The van der Waals surface area contributed by atoms with E-state index in [1.54, 1.807) is 18.7 Å². The Bertz CT molecular complexity index is 655. The zero-order valence-electron chi connectivity index (χ0n) is 11.9. The average Bonchev–Trinajstić information content (AvgIpc) is 2.98. The Hall–Kier alpha value is -1.93. The van der Waals surface area contributed by atoms with Gasteiger partial charge in [0.25, 0.3) is 0 Å². The lowest BCUT2D eigenvalue weighted by molar-refractivity contribution is 0.572. The highest BCUT2D eigenvalue weighted by molar-refractivity contribution is 7.89. The maximum absolute atomic E-state index is 12.2. The molecule has 2 heterocycles. The van der Waals surface area contributed by atoms with Gasteiger partial charge in [0.2, 0.25) is 10.0 Å². The molecule has 0 unspecified atom stereocenters. The first-order valence-electron chi connectivity index (χ1n) is 6.77.